The fourth-order valence-electron chi connectivity index (χ4n) is 8.98. The fraction of sp³-hybridized carbons (Fsp3) is 0.234. The first-order chi connectivity index (χ1) is 24.2. The van der Waals surface area contributed by atoms with Gasteiger partial charge in [-0.3, -0.25) is 9.98 Å². The lowest BCUT2D eigenvalue weighted by Crippen LogP contribution is -2.24. The van der Waals surface area contributed by atoms with Gasteiger partial charge in [-0.1, -0.05) is 116 Å². The number of para-hydroxylation sites is 1. The Morgan fingerprint density at radius 2 is 1.29 bits per heavy atom. The smallest absolute Gasteiger partial charge is 0.0667 e. The Morgan fingerprint density at radius 3 is 1.96 bits per heavy atom. The third kappa shape index (κ3) is 5.17. The quantitative estimate of drug-likeness (QED) is 0.200. The molecule has 3 aliphatic carbocycles. The normalized spacial score (nSPS) is 23.1. The molecule has 9 rings (SSSR count). The van der Waals surface area contributed by atoms with Crippen LogP contribution in [0.1, 0.15) is 81.4 Å². The van der Waals surface area contributed by atoms with Crippen molar-refractivity contribution in [2.45, 2.75) is 64.7 Å². The minimum Gasteiger partial charge on any atom is -0.261 e. The molecule has 0 spiro atoms. The molecule has 0 bridgehead atoms. The van der Waals surface area contributed by atoms with E-state index < -0.39 is 0 Å². The zero-order valence-corrected chi connectivity index (χ0v) is 28.5. The Hall–Kier alpha value is -5.08. The minimum atomic E-state index is 0.234. The number of hydrogen-bond acceptors (Lipinski definition) is 2. The summed E-state index contributed by atoms with van der Waals surface area (Å²) in [6.45, 7) is 4.58. The average Bonchev–Trinajstić information content (AvgIpc) is 3.20. The molecule has 4 aromatic carbocycles. The highest BCUT2D eigenvalue weighted by atomic mass is 14.8. The van der Waals surface area contributed by atoms with E-state index in [0.717, 1.165) is 50.6 Å². The SMILES string of the molecule is C/C1=N\c2ccccc2C(C)C2=C(CCC=C2)C2=CN=C(C3=CC=C(c4c5ccccc5c(C5=CC=CCC5)c5ccccc45)CC3)CC21. The van der Waals surface area contributed by atoms with E-state index in [4.69, 9.17) is 9.98 Å². The zero-order valence-electron chi connectivity index (χ0n) is 28.5. The van der Waals surface area contributed by atoms with Gasteiger partial charge in [0.1, 0.15) is 0 Å². The van der Waals surface area contributed by atoms with E-state index in [9.17, 15) is 0 Å². The third-order valence-corrected chi connectivity index (χ3v) is 11.5. The first kappa shape index (κ1) is 30.0. The van der Waals surface area contributed by atoms with Gasteiger partial charge in [-0.05, 0) is 123 Å². The molecule has 2 heteroatoms. The maximum atomic E-state index is 5.31. The summed E-state index contributed by atoms with van der Waals surface area (Å²) < 4.78 is 0. The van der Waals surface area contributed by atoms with Crippen LogP contribution in [-0.4, -0.2) is 11.4 Å². The summed E-state index contributed by atoms with van der Waals surface area (Å²) in [7, 11) is 0. The van der Waals surface area contributed by atoms with E-state index in [1.165, 1.54) is 83.1 Å². The van der Waals surface area contributed by atoms with Gasteiger partial charge in [0.05, 0.1) is 5.69 Å². The van der Waals surface area contributed by atoms with Gasteiger partial charge >= 0.3 is 0 Å². The van der Waals surface area contributed by atoms with Gasteiger partial charge in [0.25, 0.3) is 0 Å². The van der Waals surface area contributed by atoms with Crippen LogP contribution in [0.2, 0.25) is 0 Å². The molecule has 0 amide bonds. The zero-order chi connectivity index (χ0) is 32.9. The molecule has 0 N–H and O–H groups in total. The summed E-state index contributed by atoms with van der Waals surface area (Å²) in [5.41, 5.74) is 16.1. The van der Waals surface area contributed by atoms with Crippen LogP contribution >= 0.6 is 0 Å². The molecule has 2 unspecified atom stereocenters. The van der Waals surface area contributed by atoms with Crippen LogP contribution in [0.15, 0.2) is 154 Å². The predicted molar refractivity (Wildman–Crippen MR) is 210 cm³/mol. The largest absolute Gasteiger partial charge is 0.261 e. The van der Waals surface area contributed by atoms with Gasteiger partial charge in [-0.25, -0.2) is 0 Å². The predicted octanol–water partition coefficient (Wildman–Crippen LogP) is 12.7. The number of aliphatic imine (C=N–C) groups is 2. The van der Waals surface area contributed by atoms with Crippen LogP contribution in [0.4, 0.5) is 5.69 Å². The summed E-state index contributed by atoms with van der Waals surface area (Å²) in [6, 6.07) is 26.8. The van der Waals surface area contributed by atoms with Crippen LogP contribution in [0.3, 0.4) is 0 Å². The highest BCUT2D eigenvalue weighted by Crippen LogP contribution is 2.46. The Labute approximate surface area is 290 Å². The lowest BCUT2D eigenvalue weighted by Gasteiger charge is -2.30. The maximum absolute atomic E-state index is 5.31. The summed E-state index contributed by atoms with van der Waals surface area (Å²) in [5.74, 6) is 0.532. The molecule has 240 valence electrons. The Bertz CT molecular complexity index is 2270. The van der Waals surface area contributed by atoms with Crippen molar-refractivity contribution in [1.29, 1.82) is 0 Å². The van der Waals surface area contributed by atoms with Gasteiger partial charge in [0.2, 0.25) is 0 Å². The van der Waals surface area contributed by atoms with Crippen LogP contribution in [0.25, 0.3) is 32.7 Å². The van der Waals surface area contributed by atoms with Gasteiger partial charge in [0, 0.05) is 35.9 Å². The van der Waals surface area contributed by atoms with E-state index in [2.05, 4.69) is 135 Å². The van der Waals surface area contributed by atoms with Crippen molar-refractivity contribution in [2.24, 2.45) is 15.9 Å². The second kappa shape index (κ2) is 12.4. The van der Waals surface area contributed by atoms with Crippen molar-refractivity contribution in [3.8, 4) is 0 Å². The Kier molecular flexibility index (Phi) is 7.61. The summed E-state index contributed by atoms with van der Waals surface area (Å²) in [4.78, 5) is 10.5. The molecule has 0 saturated carbocycles. The molecule has 2 atom stereocenters. The van der Waals surface area contributed by atoms with Gasteiger partial charge in [-0.15, -0.1) is 0 Å². The number of nitrogens with zero attached hydrogens (tertiary/aromatic N) is 2. The molecule has 4 aromatic rings. The number of allylic oxidation sites excluding steroid dienone is 13. The molecule has 2 nitrogen and oxygen atoms in total. The van der Waals surface area contributed by atoms with Crippen molar-refractivity contribution >= 4 is 49.8 Å². The lowest BCUT2D eigenvalue weighted by atomic mass is 9.75. The van der Waals surface area contributed by atoms with Crippen molar-refractivity contribution in [3.05, 3.63) is 161 Å². The minimum absolute atomic E-state index is 0.234. The van der Waals surface area contributed by atoms with E-state index in [0.29, 0.717) is 5.92 Å². The highest BCUT2D eigenvalue weighted by Gasteiger charge is 2.32. The maximum Gasteiger partial charge on any atom is 0.0667 e. The molecular weight excluding hydrogens is 593 g/mol. The second-order valence-corrected chi connectivity index (χ2v) is 14.2. The van der Waals surface area contributed by atoms with Crippen LogP contribution < -0.4 is 0 Å². The van der Waals surface area contributed by atoms with Crippen LogP contribution in [-0.2, 0) is 0 Å². The van der Waals surface area contributed by atoms with Crippen LogP contribution in [0, 0.1) is 5.92 Å². The lowest BCUT2D eigenvalue weighted by molar-refractivity contribution is 0.776. The number of rotatable bonds is 3. The average molecular weight is 635 g/mol. The summed E-state index contributed by atoms with van der Waals surface area (Å²) in [6.07, 6.45) is 25.8. The van der Waals surface area contributed by atoms with Crippen molar-refractivity contribution in [1.82, 2.24) is 0 Å². The van der Waals surface area contributed by atoms with E-state index >= 15 is 0 Å². The van der Waals surface area contributed by atoms with E-state index in [1.54, 1.807) is 0 Å². The molecule has 0 radical (unpaired) electrons. The van der Waals surface area contributed by atoms with Crippen molar-refractivity contribution in [2.75, 3.05) is 0 Å². The summed E-state index contributed by atoms with van der Waals surface area (Å²) >= 11 is 0. The second-order valence-electron chi connectivity index (χ2n) is 14.2. The number of benzene rings is 4. The van der Waals surface area contributed by atoms with Gasteiger partial charge in [0.15, 0.2) is 0 Å². The molecule has 5 aliphatic rings. The molecule has 0 saturated heterocycles. The third-order valence-electron chi connectivity index (χ3n) is 11.5. The number of fused-ring (bicyclic) bond motifs is 5. The molecular formula is C47H42N2. The fourth-order valence-corrected chi connectivity index (χ4v) is 8.98. The molecule has 2 aliphatic heterocycles. The standard InChI is InChI=1S/C47H42N2/c1-30-35-16-6-7-18-37(35)43-29-48-45(28-42(43)31(2)49-44-23-13-12-17-36(30)44)32-24-26-34(27-25-32)47-40-21-10-8-19-38(40)46(33-14-4-3-5-15-33)39-20-9-11-22-41(39)47/h3-4,6,8-14,16-17,19-24,26,29-30,42H,5,7,15,18,25,27-28H2,1-2H3/b49-31+. The summed E-state index contributed by atoms with van der Waals surface area (Å²) in [5, 5.41) is 5.43. The van der Waals surface area contributed by atoms with Gasteiger partial charge < -0.3 is 0 Å². The van der Waals surface area contributed by atoms with Crippen LogP contribution in [0.5, 0.6) is 0 Å². The highest BCUT2D eigenvalue weighted by molar-refractivity contribution is 6.16. The molecule has 0 fully saturated rings. The molecule has 2 heterocycles. The number of hydrogen-bond donors (Lipinski definition) is 0. The van der Waals surface area contributed by atoms with Crippen molar-refractivity contribution < 1.29 is 0 Å². The topological polar surface area (TPSA) is 24.7 Å². The Balaban J connectivity index is 1.13. The monoisotopic (exact) mass is 634 g/mol. The Morgan fingerprint density at radius 1 is 0.653 bits per heavy atom. The first-order valence-corrected chi connectivity index (χ1v) is 18.2. The van der Waals surface area contributed by atoms with Gasteiger partial charge in [-0.2, -0.15) is 0 Å². The van der Waals surface area contributed by atoms with Crippen molar-refractivity contribution in [3.63, 3.8) is 0 Å². The molecule has 0 aromatic heterocycles. The van der Waals surface area contributed by atoms with E-state index in [1.807, 2.05) is 0 Å². The first-order valence-electron chi connectivity index (χ1n) is 18.2. The molecule has 49 heavy (non-hydrogen) atoms. The van der Waals surface area contributed by atoms with E-state index in [-0.39, 0.29) is 5.92 Å².